The number of hydrogen-bond donors (Lipinski definition) is 1. The zero-order valence-electron chi connectivity index (χ0n) is 14.7. The average molecular weight is 340 g/mol. The number of hydrogen-bond acceptors (Lipinski definition) is 5. The third-order valence-corrected chi connectivity index (χ3v) is 4.61. The summed E-state index contributed by atoms with van der Waals surface area (Å²) >= 11 is 0. The normalized spacial score (nSPS) is 15.0. The van der Waals surface area contributed by atoms with E-state index in [1.807, 2.05) is 24.3 Å². The minimum atomic E-state index is -0.239. The number of nitrogens with zero attached hydrogens (tertiary/aromatic N) is 3. The monoisotopic (exact) mass is 340 g/mol. The molecule has 0 bridgehead atoms. The highest BCUT2D eigenvalue weighted by molar-refractivity contribution is 5.92. The van der Waals surface area contributed by atoms with Crippen LogP contribution in [0.1, 0.15) is 35.8 Å². The van der Waals surface area contributed by atoms with E-state index in [9.17, 15) is 4.79 Å². The third-order valence-electron chi connectivity index (χ3n) is 4.61. The highest BCUT2D eigenvalue weighted by Gasteiger charge is 2.18. The number of benzene rings is 1. The first-order chi connectivity index (χ1) is 12.2. The van der Waals surface area contributed by atoms with Crippen LogP contribution in [0.15, 0.2) is 36.7 Å². The number of methoxy groups -OCH3 is 1. The molecule has 0 spiro atoms. The van der Waals surface area contributed by atoms with Gasteiger partial charge in [0.15, 0.2) is 0 Å². The van der Waals surface area contributed by atoms with Crippen molar-refractivity contribution in [2.75, 3.05) is 25.1 Å². The lowest BCUT2D eigenvalue weighted by molar-refractivity contribution is 0.0945. The number of amides is 1. The maximum atomic E-state index is 12.3. The summed E-state index contributed by atoms with van der Waals surface area (Å²) in [5.74, 6) is 2.12. The van der Waals surface area contributed by atoms with Crippen LogP contribution in [-0.4, -0.2) is 36.1 Å². The Labute approximate surface area is 148 Å². The van der Waals surface area contributed by atoms with Gasteiger partial charge in [-0.1, -0.05) is 25.1 Å². The Kier molecular flexibility index (Phi) is 5.48. The lowest BCUT2D eigenvalue weighted by atomic mass is 9.99. The van der Waals surface area contributed by atoms with Crippen molar-refractivity contribution >= 4 is 11.7 Å². The molecule has 0 unspecified atom stereocenters. The summed E-state index contributed by atoms with van der Waals surface area (Å²) < 4.78 is 5.29. The van der Waals surface area contributed by atoms with Crippen LogP contribution in [0, 0.1) is 5.92 Å². The smallest absolute Gasteiger partial charge is 0.271 e. The molecule has 0 saturated carbocycles. The largest absolute Gasteiger partial charge is 0.496 e. The Morgan fingerprint density at radius 1 is 1.24 bits per heavy atom. The van der Waals surface area contributed by atoms with Gasteiger partial charge in [0.1, 0.15) is 17.3 Å². The number of para-hydroxylation sites is 1. The van der Waals surface area contributed by atoms with Crippen molar-refractivity contribution in [3.63, 3.8) is 0 Å². The van der Waals surface area contributed by atoms with Crippen molar-refractivity contribution in [2.24, 2.45) is 5.92 Å². The van der Waals surface area contributed by atoms with E-state index in [-0.39, 0.29) is 5.91 Å². The minimum Gasteiger partial charge on any atom is -0.496 e. The van der Waals surface area contributed by atoms with Gasteiger partial charge in [0.2, 0.25) is 0 Å². The van der Waals surface area contributed by atoms with Crippen LogP contribution in [0.3, 0.4) is 0 Å². The first-order valence-corrected chi connectivity index (χ1v) is 8.64. The van der Waals surface area contributed by atoms with Gasteiger partial charge in [0.25, 0.3) is 5.91 Å². The number of anilines is 1. The van der Waals surface area contributed by atoms with Crippen molar-refractivity contribution in [1.82, 2.24) is 15.3 Å². The molecule has 25 heavy (non-hydrogen) atoms. The van der Waals surface area contributed by atoms with E-state index in [1.54, 1.807) is 19.5 Å². The third kappa shape index (κ3) is 4.26. The highest BCUT2D eigenvalue weighted by Crippen LogP contribution is 2.20. The zero-order valence-corrected chi connectivity index (χ0v) is 14.7. The number of aromatic nitrogens is 2. The molecule has 132 valence electrons. The Balaban J connectivity index is 1.59. The lowest BCUT2D eigenvalue weighted by Gasteiger charge is -2.30. The van der Waals surface area contributed by atoms with Crippen LogP contribution in [0.25, 0.3) is 0 Å². The summed E-state index contributed by atoms with van der Waals surface area (Å²) in [7, 11) is 1.62. The maximum absolute atomic E-state index is 12.3. The fourth-order valence-electron chi connectivity index (χ4n) is 2.95. The van der Waals surface area contributed by atoms with Gasteiger partial charge in [-0.25, -0.2) is 9.97 Å². The fourth-order valence-corrected chi connectivity index (χ4v) is 2.95. The van der Waals surface area contributed by atoms with E-state index >= 15 is 0 Å². The van der Waals surface area contributed by atoms with Gasteiger partial charge in [-0.05, 0) is 24.8 Å². The number of carbonyl (C=O) groups excluding carboxylic acids is 1. The van der Waals surface area contributed by atoms with Crippen molar-refractivity contribution in [2.45, 2.75) is 26.3 Å². The van der Waals surface area contributed by atoms with Crippen molar-refractivity contribution in [1.29, 1.82) is 0 Å². The van der Waals surface area contributed by atoms with Crippen molar-refractivity contribution in [3.8, 4) is 5.75 Å². The Hall–Kier alpha value is -2.63. The molecule has 0 aliphatic carbocycles. The summed E-state index contributed by atoms with van der Waals surface area (Å²) in [5.41, 5.74) is 1.24. The molecule has 1 aromatic carbocycles. The molecule has 6 nitrogen and oxygen atoms in total. The quantitative estimate of drug-likeness (QED) is 0.906. The Morgan fingerprint density at radius 3 is 2.68 bits per heavy atom. The summed E-state index contributed by atoms with van der Waals surface area (Å²) in [6.07, 6.45) is 5.57. The van der Waals surface area contributed by atoms with E-state index in [1.165, 1.54) is 12.8 Å². The topological polar surface area (TPSA) is 67.3 Å². The molecule has 0 radical (unpaired) electrons. The molecule has 1 fully saturated rings. The van der Waals surface area contributed by atoms with Gasteiger partial charge in [0.05, 0.1) is 19.5 Å². The van der Waals surface area contributed by atoms with Crippen LogP contribution >= 0.6 is 0 Å². The molecule has 1 aliphatic heterocycles. The second kappa shape index (κ2) is 7.96. The molecule has 2 heterocycles. The van der Waals surface area contributed by atoms with Crippen LogP contribution in [0.5, 0.6) is 5.75 Å². The van der Waals surface area contributed by atoms with E-state index < -0.39 is 0 Å². The SMILES string of the molecule is COc1ccccc1CNC(=O)c1cnc(N2CCC(C)CC2)cn1. The Morgan fingerprint density at radius 2 is 2.00 bits per heavy atom. The zero-order chi connectivity index (χ0) is 17.6. The number of nitrogens with one attached hydrogen (secondary N) is 1. The summed E-state index contributed by atoms with van der Waals surface area (Å²) in [4.78, 5) is 23.2. The summed E-state index contributed by atoms with van der Waals surface area (Å²) in [5, 5.41) is 2.86. The summed E-state index contributed by atoms with van der Waals surface area (Å²) in [6, 6.07) is 7.61. The first kappa shape index (κ1) is 17.2. The number of carbonyl (C=O) groups is 1. The van der Waals surface area contributed by atoms with Gasteiger partial charge in [-0.3, -0.25) is 4.79 Å². The average Bonchev–Trinajstić information content (AvgIpc) is 2.67. The molecule has 1 saturated heterocycles. The number of piperidine rings is 1. The fraction of sp³-hybridized carbons (Fsp3) is 0.421. The molecule has 0 atom stereocenters. The molecule has 1 aliphatic rings. The van der Waals surface area contributed by atoms with Gasteiger partial charge >= 0.3 is 0 Å². The van der Waals surface area contributed by atoms with Crippen LogP contribution in [0.4, 0.5) is 5.82 Å². The minimum absolute atomic E-state index is 0.239. The van der Waals surface area contributed by atoms with Crippen LogP contribution in [0.2, 0.25) is 0 Å². The second-order valence-electron chi connectivity index (χ2n) is 6.42. The molecular weight excluding hydrogens is 316 g/mol. The van der Waals surface area contributed by atoms with Crippen LogP contribution in [-0.2, 0) is 6.54 Å². The molecule has 2 aromatic rings. The van der Waals surface area contributed by atoms with E-state index in [0.717, 1.165) is 36.1 Å². The highest BCUT2D eigenvalue weighted by atomic mass is 16.5. The van der Waals surface area contributed by atoms with E-state index in [0.29, 0.717) is 12.2 Å². The van der Waals surface area contributed by atoms with Gasteiger partial charge in [-0.2, -0.15) is 0 Å². The maximum Gasteiger partial charge on any atom is 0.271 e. The summed E-state index contributed by atoms with van der Waals surface area (Å²) in [6.45, 7) is 4.65. The first-order valence-electron chi connectivity index (χ1n) is 8.64. The Bertz CT molecular complexity index is 710. The molecule has 3 rings (SSSR count). The molecule has 6 heteroatoms. The van der Waals surface area contributed by atoms with Crippen molar-refractivity contribution < 1.29 is 9.53 Å². The molecule has 1 amide bonds. The molecule has 1 aromatic heterocycles. The lowest BCUT2D eigenvalue weighted by Crippen LogP contribution is -2.33. The number of ether oxygens (including phenoxy) is 1. The second-order valence-corrected chi connectivity index (χ2v) is 6.42. The number of rotatable bonds is 5. The molecular formula is C19H24N4O2. The van der Waals surface area contributed by atoms with E-state index in [4.69, 9.17) is 4.74 Å². The predicted octanol–water partition coefficient (Wildman–Crippen LogP) is 2.65. The van der Waals surface area contributed by atoms with Gasteiger partial charge in [-0.15, -0.1) is 0 Å². The standard InChI is InChI=1S/C19H24N4O2/c1-14-7-9-23(10-8-14)18-13-20-16(12-21-18)19(24)22-11-15-5-3-4-6-17(15)25-2/h3-6,12-14H,7-11H2,1-2H3,(H,22,24). The van der Waals surface area contributed by atoms with Crippen molar-refractivity contribution in [3.05, 3.63) is 47.9 Å². The van der Waals surface area contributed by atoms with Gasteiger partial charge in [0, 0.05) is 25.2 Å². The molecule has 1 N–H and O–H groups in total. The predicted molar refractivity (Wildman–Crippen MR) is 96.8 cm³/mol. The van der Waals surface area contributed by atoms with E-state index in [2.05, 4.69) is 27.1 Å². The van der Waals surface area contributed by atoms with Crippen LogP contribution < -0.4 is 15.0 Å². The van der Waals surface area contributed by atoms with Gasteiger partial charge < -0.3 is 15.0 Å².